The molecular weight excluding hydrogens is 236 g/mol. The summed E-state index contributed by atoms with van der Waals surface area (Å²) < 4.78 is 5.43. The summed E-state index contributed by atoms with van der Waals surface area (Å²) in [6.07, 6.45) is 5.07. The van der Waals surface area contributed by atoms with E-state index in [0.29, 0.717) is 6.04 Å². The summed E-state index contributed by atoms with van der Waals surface area (Å²) in [5.41, 5.74) is 2.71. The van der Waals surface area contributed by atoms with Crippen molar-refractivity contribution in [2.45, 2.75) is 38.3 Å². The Bertz CT molecular complexity index is 398. The number of benzene rings is 1. The molecule has 19 heavy (non-hydrogen) atoms. The standard InChI is InChI=1S/C16H26N2O/c1-18(2)12-14-8-13(10-16(11-14)19-3)9-15-6-4-5-7-17-15/h8,10-11,15,17H,4-7,9,12H2,1-3H3. The molecule has 1 saturated heterocycles. The lowest BCUT2D eigenvalue weighted by molar-refractivity contribution is 0.389. The molecule has 0 aliphatic carbocycles. The molecule has 1 fully saturated rings. The normalized spacial score (nSPS) is 19.7. The highest BCUT2D eigenvalue weighted by Gasteiger charge is 2.14. The first-order valence-electron chi connectivity index (χ1n) is 7.22. The molecule has 106 valence electrons. The van der Waals surface area contributed by atoms with Crippen LogP contribution in [-0.2, 0) is 13.0 Å². The van der Waals surface area contributed by atoms with Crippen LogP contribution in [0, 0.1) is 0 Å². The van der Waals surface area contributed by atoms with E-state index in [9.17, 15) is 0 Å². The molecule has 1 aliphatic rings. The maximum absolute atomic E-state index is 5.43. The zero-order valence-electron chi connectivity index (χ0n) is 12.4. The van der Waals surface area contributed by atoms with Gasteiger partial charge in [0.15, 0.2) is 0 Å². The molecule has 3 nitrogen and oxygen atoms in total. The first-order chi connectivity index (χ1) is 9.17. The van der Waals surface area contributed by atoms with Crippen LogP contribution >= 0.6 is 0 Å². The molecule has 1 aliphatic heterocycles. The third-order valence-corrected chi connectivity index (χ3v) is 3.66. The second-order valence-electron chi connectivity index (χ2n) is 5.78. The Morgan fingerprint density at radius 2 is 2.00 bits per heavy atom. The molecule has 0 radical (unpaired) electrons. The van der Waals surface area contributed by atoms with E-state index in [0.717, 1.165) is 18.7 Å². The van der Waals surface area contributed by atoms with E-state index in [1.807, 2.05) is 0 Å². The number of hydrogen-bond donors (Lipinski definition) is 1. The Kier molecular flexibility index (Phi) is 5.23. The largest absolute Gasteiger partial charge is 0.497 e. The van der Waals surface area contributed by atoms with Crippen LogP contribution in [0.15, 0.2) is 18.2 Å². The van der Waals surface area contributed by atoms with Crippen molar-refractivity contribution in [2.24, 2.45) is 0 Å². The second-order valence-corrected chi connectivity index (χ2v) is 5.78. The van der Waals surface area contributed by atoms with E-state index in [4.69, 9.17) is 4.74 Å². The molecule has 1 atom stereocenters. The van der Waals surface area contributed by atoms with Crippen LogP contribution < -0.4 is 10.1 Å². The molecule has 0 saturated carbocycles. The Morgan fingerprint density at radius 3 is 2.63 bits per heavy atom. The number of ether oxygens (including phenoxy) is 1. The van der Waals surface area contributed by atoms with Gasteiger partial charge in [-0.25, -0.2) is 0 Å². The number of methoxy groups -OCH3 is 1. The minimum absolute atomic E-state index is 0.632. The van der Waals surface area contributed by atoms with E-state index < -0.39 is 0 Å². The van der Waals surface area contributed by atoms with E-state index in [2.05, 4.69) is 42.5 Å². The third-order valence-electron chi connectivity index (χ3n) is 3.66. The van der Waals surface area contributed by atoms with Crippen LogP contribution in [0.25, 0.3) is 0 Å². The molecular formula is C16H26N2O. The van der Waals surface area contributed by atoms with Crippen LogP contribution in [0.4, 0.5) is 0 Å². The predicted molar refractivity (Wildman–Crippen MR) is 79.7 cm³/mol. The van der Waals surface area contributed by atoms with Crippen molar-refractivity contribution in [3.05, 3.63) is 29.3 Å². The maximum Gasteiger partial charge on any atom is 0.119 e. The second kappa shape index (κ2) is 6.92. The number of piperidine rings is 1. The van der Waals surface area contributed by atoms with Crippen molar-refractivity contribution in [3.63, 3.8) is 0 Å². The summed E-state index contributed by atoms with van der Waals surface area (Å²) in [6, 6.07) is 7.26. The van der Waals surface area contributed by atoms with Gasteiger partial charge in [-0.05, 0) is 63.2 Å². The fraction of sp³-hybridized carbons (Fsp3) is 0.625. The highest BCUT2D eigenvalue weighted by molar-refractivity contribution is 5.35. The molecule has 0 bridgehead atoms. The average Bonchev–Trinajstić information content (AvgIpc) is 2.38. The summed E-state index contributed by atoms with van der Waals surface area (Å²) in [6.45, 7) is 2.13. The predicted octanol–water partition coefficient (Wildman–Crippen LogP) is 2.44. The lowest BCUT2D eigenvalue weighted by atomic mass is 9.96. The Hall–Kier alpha value is -1.06. The van der Waals surface area contributed by atoms with Gasteiger partial charge in [0.2, 0.25) is 0 Å². The Labute approximate surface area is 116 Å². The van der Waals surface area contributed by atoms with E-state index in [1.54, 1.807) is 7.11 Å². The molecule has 1 aromatic rings. The van der Waals surface area contributed by atoms with Gasteiger partial charge >= 0.3 is 0 Å². The molecule has 0 amide bonds. The smallest absolute Gasteiger partial charge is 0.119 e. The molecule has 1 heterocycles. The Balaban J connectivity index is 2.09. The molecule has 1 unspecified atom stereocenters. The number of nitrogens with one attached hydrogen (secondary N) is 1. The van der Waals surface area contributed by atoms with E-state index in [-0.39, 0.29) is 0 Å². The third kappa shape index (κ3) is 4.51. The minimum Gasteiger partial charge on any atom is -0.497 e. The van der Waals surface area contributed by atoms with Gasteiger partial charge in [0.05, 0.1) is 7.11 Å². The summed E-state index contributed by atoms with van der Waals surface area (Å²) in [4.78, 5) is 2.19. The average molecular weight is 262 g/mol. The van der Waals surface area contributed by atoms with Crippen molar-refractivity contribution >= 4 is 0 Å². The van der Waals surface area contributed by atoms with Gasteiger partial charge < -0.3 is 15.0 Å². The van der Waals surface area contributed by atoms with Gasteiger partial charge in [0.1, 0.15) is 5.75 Å². The van der Waals surface area contributed by atoms with Crippen molar-refractivity contribution in [2.75, 3.05) is 27.7 Å². The maximum atomic E-state index is 5.43. The van der Waals surface area contributed by atoms with Gasteiger partial charge in [0.25, 0.3) is 0 Å². The van der Waals surface area contributed by atoms with Crippen LogP contribution in [0.5, 0.6) is 5.75 Å². The van der Waals surface area contributed by atoms with Crippen molar-refractivity contribution < 1.29 is 4.74 Å². The Morgan fingerprint density at radius 1 is 1.21 bits per heavy atom. The van der Waals surface area contributed by atoms with Crippen LogP contribution in [-0.4, -0.2) is 38.7 Å². The highest BCUT2D eigenvalue weighted by atomic mass is 16.5. The van der Waals surface area contributed by atoms with Gasteiger partial charge in [-0.1, -0.05) is 12.5 Å². The van der Waals surface area contributed by atoms with Gasteiger partial charge in [-0.2, -0.15) is 0 Å². The lowest BCUT2D eigenvalue weighted by Crippen LogP contribution is -2.35. The topological polar surface area (TPSA) is 24.5 Å². The summed E-state index contributed by atoms with van der Waals surface area (Å²) >= 11 is 0. The number of hydrogen-bond acceptors (Lipinski definition) is 3. The van der Waals surface area contributed by atoms with Gasteiger partial charge in [0, 0.05) is 12.6 Å². The molecule has 0 spiro atoms. The quantitative estimate of drug-likeness (QED) is 0.882. The van der Waals surface area contributed by atoms with Gasteiger partial charge in [-0.3, -0.25) is 0 Å². The molecule has 0 aromatic heterocycles. The highest BCUT2D eigenvalue weighted by Crippen LogP contribution is 2.21. The van der Waals surface area contributed by atoms with Gasteiger partial charge in [-0.15, -0.1) is 0 Å². The van der Waals surface area contributed by atoms with E-state index >= 15 is 0 Å². The van der Waals surface area contributed by atoms with Crippen LogP contribution in [0.1, 0.15) is 30.4 Å². The zero-order chi connectivity index (χ0) is 13.7. The van der Waals surface area contributed by atoms with Crippen molar-refractivity contribution in [3.8, 4) is 5.75 Å². The SMILES string of the molecule is COc1cc(CC2CCCCN2)cc(CN(C)C)c1. The fourth-order valence-corrected chi connectivity index (χ4v) is 2.80. The molecule has 1 aromatic carbocycles. The summed E-state index contributed by atoms with van der Waals surface area (Å²) in [7, 11) is 5.95. The first-order valence-corrected chi connectivity index (χ1v) is 7.22. The van der Waals surface area contributed by atoms with Crippen molar-refractivity contribution in [1.29, 1.82) is 0 Å². The lowest BCUT2D eigenvalue weighted by Gasteiger charge is -2.24. The minimum atomic E-state index is 0.632. The monoisotopic (exact) mass is 262 g/mol. The summed E-state index contributed by atoms with van der Waals surface area (Å²) in [5, 5.41) is 3.61. The first kappa shape index (κ1) is 14.4. The summed E-state index contributed by atoms with van der Waals surface area (Å²) in [5.74, 6) is 0.977. The molecule has 2 rings (SSSR count). The van der Waals surface area contributed by atoms with Crippen LogP contribution in [0.3, 0.4) is 0 Å². The van der Waals surface area contributed by atoms with Crippen LogP contribution in [0.2, 0.25) is 0 Å². The zero-order valence-corrected chi connectivity index (χ0v) is 12.4. The number of nitrogens with zero attached hydrogens (tertiary/aromatic N) is 1. The van der Waals surface area contributed by atoms with Crippen molar-refractivity contribution in [1.82, 2.24) is 10.2 Å². The number of rotatable bonds is 5. The van der Waals surface area contributed by atoms with E-state index in [1.165, 1.54) is 36.9 Å². The molecule has 1 N–H and O–H groups in total. The fourth-order valence-electron chi connectivity index (χ4n) is 2.80. The molecule has 3 heteroatoms.